The number of nitrogens with zero attached hydrogens (tertiary/aromatic N) is 2. The molecule has 2 fully saturated rings. The van der Waals surface area contributed by atoms with Gasteiger partial charge in [-0.2, -0.15) is 0 Å². The number of carbonyl (C=O) groups is 1. The van der Waals surface area contributed by atoms with Gasteiger partial charge < -0.3 is 15.0 Å². The fourth-order valence-electron chi connectivity index (χ4n) is 5.27. The molecule has 2 heterocycles. The monoisotopic (exact) mass is 343 g/mol. The quantitative estimate of drug-likeness (QED) is 0.893. The van der Waals surface area contributed by atoms with Crippen molar-refractivity contribution in [2.75, 3.05) is 25.5 Å². The van der Waals surface area contributed by atoms with Gasteiger partial charge in [0.25, 0.3) is 0 Å². The van der Waals surface area contributed by atoms with Crippen LogP contribution in [0.5, 0.6) is 5.75 Å². The first-order valence-electron chi connectivity index (χ1n) is 9.55. The molecule has 2 atom stereocenters. The van der Waals surface area contributed by atoms with Crippen molar-refractivity contribution >= 4 is 11.8 Å². The molecule has 25 heavy (non-hydrogen) atoms. The number of fused-ring (bicyclic) bond motifs is 3. The topological polar surface area (TPSA) is 44.8 Å². The molecule has 1 amide bonds. The van der Waals surface area contributed by atoms with Crippen LogP contribution >= 0.6 is 0 Å². The summed E-state index contributed by atoms with van der Waals surface area (Å²) in [6.07, 6.45) is 6.90. The van der Waals surface area contributed by atoms with E-state index in [2.05, 4.69) is 42.2 Å². The van der Waals surface area contributed by atoms with Crippen molar-refractivity contribution in [3.05, 3.63) is 23.8 Å². The summed E-state index contributed by atoms with van der Waals surface area (Å²) < 4.78 is 5.82. The fraction of sp³-hybridized carbons (Fsp3) is 0.650. The first-order valence-corrected chi connectivity index (χ1v) is 9.55. The molecule has 1 aromatic rings. The largest absolute Gasteiger partial charge is 0.412 e. The van der Waals surface area contributed by atoms with E-state index < -0.39 is 0 Å². The number of anilines is 1. The average Bonchev–Trinajstić information content (AvgIpc) is 3.02. The van der Waals surface area contributed by atoms with E-state index >= 15 is 0 Å². The number of amides is 1. The lowest BCUT2D eigenvalue weighted by Crippen LogP contribution is -2.45. The number of benzene rings is 1. The second kappa shape index (κ2) is 6.20. The normalized spacial score (nSPS) is 29.4. The van der Waals surface area contributed by atoms with Crippen LogP contribution in [0.3, 0.4) is 0 Å². The molecule has 0 spiro atoms. The highest BCUT2D eigenvalue weighted by atomic mass is 16.6. The van der Waals surface area contributed by atoms with Gasteiger partial charge in [0, 0.05) is 36.3 Å². The standard InChI is InChI=1S/C20H29N3O2/c1-20-12-13-22(2)18(20)23(3)15-10-7-11-16(17(15)20)25-19(24)21-14-8-5-4-6-9-14/h7,10-11,14,18H,4-6,8-9,12-13H2,1-3H3,(H,21,24). The van der Waals surface area contributed by atoms with E-state index in [9.17, 15) is 4.79 Å². The Morgan fingerprint density at radius 3 is 2.76 bits per heavy atom. The number of rotatable bonds is 2. The zero-order valence-corrected chi connectivity index (χ0v) is 15.5. The lowest BCUT2D eigenvalue weighted by molar-refractivity contribution is 0.190. The summed E-state index contributed by atoms with van der Waals surface area (Å²) in [4.78, 5) is 17.2. The van der Waals surface area contributed by atoms with Crippen LogP contribution in [0.2, 0.25) is 0 Å². The first kappa shape index (κ1) is 16.7. The molecule has 3 aliphatic rings. The summed E-state index contributed by atoms with van der Waals surface area (Å²) in [5.74, 6) is 0.720. The molecule has 0 radical (unpaired) electrons. The molecule has 4 rings (SSSR count). The highest BCUT2D eigenvalue weighted by Gasteiger charge is 2.53. The Morgan fingerprint density at radius 2 is 2.00 bits per heavy atom. The summed E-state index contributed by atoms with van der Waals surface area (Å²) in [6, 6.07) is 6.34. The minimum absolute atomic E-state index is 0.000541. The van der Waals surface area contributed by atoms with Crippen LogP contribution in [0.4, 0.5) is 10.5 Å². The van der Waals surface area contributed by atoms with Gasteiger partial charge in [0.2, 0.25) is 0 Å². The van der Waals surface area contributed by atoms with Crippen LogP contribution in [-0.4, -0.2) is 43.8 Å². The second-order valence-electron chi connectivity index (χ2n) is 8.15. The lowest BCUT2D eigenvalue weighted by Gasteiger charge is -2.32. The summed E-state index contributed by atoms with van der Waals surface area (Å²) in [7, 11) is 4.32. The van der Waals surface area contributed by atoms with Crippen molar-refractivity contribution in [3.63, 3.8) is 0 Å². The summed E-state index contributed by atoms with van der Waals surface area (Å²) in [5, 5.41) is 3.07. The van der Waals surface area contributed by atoms with Gasteiger partial charge in [0.15, 0.2) is 0 Å². The Bertz CT molecular complexity index is 671. The van der Waals surface area contributed by atoms with E-state index in [1.54, 1.807) is 0 Å². The maximum absolute atomic E-state index is 12.5. The number of carbonyl (C=O) groups excluding carboxylic acids is 1. The predicted octanol–water partition coefficient (Wildman–Crippen LogP) is 3.48. The van der Waals surface area contributed by atoms with Gasteiger partial charge in [-0.3, -0.25) is 4.90 Å². The molecule has 0 bridgehead atoms. The highest BCUT2D eigenvalue weighted by Crippen LogP contribution is 2.54. The van der Waals surface area contributed by atoms with Crippen LogP contribution in [0.15, 0.2) is 18.2 Å². The Labute approximate surface area is 150 Å². The van der Waals surface area contributed by atoms with Crippen LogP contribution in [-0.2, 0) is 5.41 Å². The summed E-state index contributed by atoms with van der Waals surface area (Å²) in [6.45, 7) is 3.36. The van der Waals surface area contributed by atoms with Crippen LogP contribution < -0.4 is 15.0 Å². The predicted molar refractivity (Wildman–Crippen MR) is 99.3 cm³/mol. The Hall–Kier alpha value is -1.75. The minimum Gasteiger partial charge on any atom is -0.410 e. The van der Waals surface area contributed by atoms with E-state index in [-0.39, 0.29) is 17.6 Å². The van der Waals surface area contributed by atoms with Crippen LogP contribution in [0, 0.1) is 0 Å². The van der Waals surface area contributed by atoms with Gasteiger partial charge in [0.1, 0.15) is 5.75 Å². The van der Waals surface area contributed by atoms with Crippen molar-refractivity contribution in [2.45, 2.75) is 63.1 Å². The van der Waals surface area contributed by atoms with Gasteiger partial charge in [-0.15, -0.1) is 0 Å². The molecule has 1 aromatic carbocycles. The van der Waals surface area contributed by atoms with Gasteiger partial charge >= 0.3 is 6.09 Å². The zero-order chi connectivity index (χ0) is 17.6. The van der Waals surface area contributed by atoms with Crippen LogP contribution in [0.1, 0.15) is 51.0 Å². The van der Waals surface area contributed by atoms with Gasteiger partial charge in [-0.05, 0) is 38.4 Å². The fourth-order valence-corrected chi connectivity index (χ4v) is 5.27. The number of likely N-dealkylation sites (N-methyl/N-ethyl adjacent to an activating group) is 2. The van der Waals surface area contributed by atoms with Crippen LogP contribution in [0.25, 0.3) is 0 Å². The van der Waals surface area contributed by atoms with E-state index in [0.29, 0.717) is 6.17 Å². The molecule has 1 aliphatic carbocycles. The van der Waals surface area contributed by atoms with E-state index in [1.807, 2.05) is 12.1 Å². The van der Waals surface area contributed by atoms with E-state index in [4.69, 9.17) is 4.74 Å². The smallest absolute Gasteiger partial charge is 0.410 e. The molecule has 5 heteroatoms. The highest BCUT2D eigenvalue weighted by molar-refractivity contribution is 5.75. The summed E-state index contributed by atoms with van der Waals surface area (Å²) in [5.41, 5.74) is 2.37. The average molecular weight is 343 g/mol. The zero-order valence-electron chi connectivity index (χ0n) is 15.5. The molecule has 136 valence electrons. The summed E-state index contributed by atoms with van der Waals surface area (Å²) >= 11 is 0. The third-order valence-electron chi connectivity index (χ3n) is 6.42. The molecule has 2 aliphatic heterocycles. The number of hydrogen-bond donors (Lipinski definition) is 1. The van der Waals surface area contributed by atoms with Gasteiger partial charge in [-0.1, -0.05) is 32.3 Å². The van der Waals surface area contributed by atoms with Crippen molar-refractivity contribution in [1.29, 1.82) is 0 Å². The third-order valence-corrected chi connectivity index (χ3v) is 6.42. The SMILES string of the molecule is CN1CCC2(C)c3c(OC(=O)NC4CCCCC4)cccc3N(C)C12. The molecule has 1 N–H and O–H groups in total. The molecule has 0 aromatic heterocycles. The molecule has 1 saturated carbocycles. The Morgan fingerprint density at radius 1 is 1.24 bits per heavy atom. The molecule has 1 saturated heterocycles. The van der Waals surface area contributed by atoms with Crippen molar-refractivity contribution < 1.29 is 9.53 Å². The lowest BCUT2D eigenvalue weighted by atomic mass is 9.81. The van der Waals surface area contributed by atoms with Crippen molar-refractivity contribution in [2.24, 2.45) is 0 Å². The molecular formula is C20H29N3O2. The molecule has 5 nitrogen and oxygen atoms in total. The minimum atomic E-state index is -0.304. The number of likely N-dealkylation sites (tertiary alicyclic amines) is 1. The third kappa shape index (κ3) is 2.69. The molecule has 2 unspecified atom stereocenters. The number of hydrogen-bond acceptors (Lipinski definition) is 4. The van der Waals surface area contributed by atoms with Crippen molar-refractivity contribution in [3.8, 4) is 5.75 Å². The number of nitrogens with one attached hydrogen (secondary N) is 1. The molecular weight excluding hydrogens is 314 g/mol. The van der Waals surface area contributed by atoms with E-state index in [1.165, 1.54) is 30.5 Å². The Kier molecular flexibility index (Phi) is 4.14. The van der Waals surface area contributed by atoms with Crippen molar-refractivity contribution in [1.82, 2.24) is 10.2 Å². The van der Waals surface area contributed by atoms with E-state index in [0.717, 1.165) is 31.6 Å². The maximum Gasteiger partial charge on any atom is 0.412 e. The number of ether oxygens (including phenoxy) is 1. The Balaban J connectivity index is 1.57. The van der Waals surface area contributed by atoms with Gasteiger partial charge in [-0.25, -0.2) is 4.79 Å². The second-order valence-corrected chi connectivity index (χ2v) is 8.15. The maximum atomic E-state index is 12.5. The first-order chi connectivity index (χ1) is 12.0. The van der Waals surface area contributed by atoms with Gasteiger partial charge in [0.05, 0.1) is 6.17 Å².